The summed E-state index contributed by atoms with van der Waals surface area (Å²) >= 11 is 5.94. The van der Waals surface area contributed by atoms with E-state index in [1.807, 2.05) is 12.1 Å². The van der Waals surface area contributed by atoms with Crippen LogP contribution in [0.4, 0.5) is 5.69 Å². The third-order valence-corrected chi connectivity index (χ3v) is 3.77. The molecule has 2 heteroatoms. The van der Waals surface area contributed by atoms with Crippen molar-refractivity contribution >= 4 is 17.3 Å². The molecule has 0 saturated heterocycles. The molecule has 0 unspecified atom stereocenters. The molecule has 0 saturated carbocycles. The first-order valence-corrected chi connectivity index (χ1v) is 8.12. The Labute approximate surface area is 123 Å². The molecule has 0 amide bonds. The summed E-state index contributed by atoms with van der Waals surface area (Å²) in [5.41, 5.74) is 2.44. The van der Waals surface area contributed by atoms with Crippen LogP contribution in [0, 0.1) is 6.92 Å². The summed E-state index contributed by atoms with van der Waals surface area (Å²) in [6.45, 7) is 5.43. The van der Waals surface area contributed by atoms with Gasteiger partial charge < -0.3 is 5.32 Å². The number of unbranched alkanes of at least 4 members (excludes halogenated alkanes) is 7. The number of halogens is 1. The Kier molecular flexibility index (Phi) is 8.73. The van der Waals surface area contributed by atoms with Gasteiger partial charge >= 0.3 is 0 Å². The van der Waals surface area contributed by atoms with Crippen molar-refractivity contribution in [3.05, 3.63) is 28.8 Å². The molecular weight excluding hydrogens is 254 g/mol. The zero-order valence-electron chi connectivity index (χ0n) is 12.5. The lowest BCUT2D eigenvalue weighted by atomic mass is 10.1. The highest BCUT2D eigenvalue weighted by Gasteiger charge is 1.98. The van der Waals surface area contributed by atoms with Gasteiger partial charge in [-0.25, -0.2) is 0 Å². The van der Waals surface area contributed by atoms with Crippen molar-refractivity contribution < 1.29 is 0 Å². The summed E-state index contributed by atoms with van der Waals surface area (Å²) in [6.07, 6.45) is 10.9. The normalized spacial score (nSPS) is 10.7. The highest BCUT2D eigenvalue weighted by molar-refractivity contribution is 6.30. The number of nitrogens with one attached hydrogen (secondary N) is 1. The Morgan fingerprint density at radius 1 is 0.947 bits per heavy atom. The molecule has 0 fully saturated rings. The molecule has 1 rings (SSSR count). The SMILES string of the molecule is CCCCCCCCCCNc1ccc(Cl)cc1C. The molecule has 0 aromatic heterocycles. The van der Waals surface area contributed by atoms with Gasteiger partial charge in [-0.1, -0.05) is 63.5 Å². The summed E-state index contributed by atoms with van der Waals surface area (Å²) in [5, 5.41) is 4.31. The summed E-state index contributed by atoms with van der Waals surface area (Å²) in [7, 11) is 0. The highest BCUT2D eigenvalue weighted by atomic mass is 35.5. The van der Waals surface area contributed by atoms with Crippen LogP contribution in [0.25, 0.3) is 0 Å². The fraction of sp³-hybridized carbons (Fsp3) is 0.647. The van der Waals surface area contributed by atoms with Crippen LogP contribution in [0.15, 0.2) is 18.2 Å². The van der Waals surface area contributed by atoms with Gasteiger partial charge in [-0.2, -0.15) is 0 Å². The van der Waals surface area contributed by atoms with Crippen molar-refractivity contribution in [3.8, 4) is 0 Å². The number of hydrogen-bond donors (Lipinski definition) is 1. The maximum atomic E-state index is 5.94. The van der Waals surface area contributed by atoms with Gasteiger partial charge in [0.05, 0.1) is 0 Å². The van der Waals surface area contributed by atoms with Gasteiger partial charge in [0.15, 0.2) is 0 Å². The van der Waals surface area contributed by atoms with Crippen LogP contribution in [-0.4, -0.2) is 6.54 Å². The number of anilines is 1. The van der Waals surface area contributed by atoms with E-state index >= 15 is 0 Å². The third kappa shape index (κ3) is 7.47. The third-order valence-electron chi connectivity index (χ3n) is 3.53. The van der Waals surface area contributed by atoms with E-state index in [-0.39, 0.29) is 0 Å². The number of aryl methyl sites for hydroxylation is 1. The van der Waals surface area contributed by atoms with E-state index in [1.165, 1.54) is 62.6 Å². The second kappa shape index (κ2) is 10.1. The fourth-order valence-electron chi connectivity index (χ4n) is 2.31. The van der Waals surface area contributed by atoms with Gasteiger partial charge in [-0.3, -0.25) is 0 Å². The molecule has 1 nitrogen and oxygen atoms in total. The average Bonchev–Trinajstić information content (AvgIpc) is 2.39. The molecule has 19 heavy (non-hydrogen) atoms. The first-order valence-electron chi connectivity index (χ1n) is 7.74. The molecule has 1 aromatic rings. The molecule has 0 spiro atoms. The second-order valence-corrected chi connectivity index (χ2v) is 5.80. The van der Waals surface area contributed by atoms with Gasteiger partial charge in [0, 0.05) is 17.3 Å². The van der Waals surface area contributed by atoms with E-state index < -0.39 is 0 Å². The van der Waals surface area contributed by atoms with Crippen molar-refractivity contribution in [2.75, 3.05) is 11.9 Å². The van der Waals surface area contributed by atoms with Crippen LogP contribution < -0.4 is 5.32 Å². The lowest BCUT2D eigenvalue weighted by Crippen LogP contribution is -2.02. The molecule has 1 N–H and O–H groups in total. The number of hydrogen-bond acceptors (Lipinski definition) is 1. The predicted octanol–water partition coefficient (Wildman–Crippen LogP) is 6.20. The zero-order valence-corrected chi connectivity index (χ0v) is 13.2. The van der Waals surface area contributed by atoms with Gasteiger partial charge in [0.2, 0.25) is 0 Å². The molecule has 108 valence electrons. The smallest absolute Gasteiger partial charge is 0.0410 e. The lowest BCUT2D eigenvalue weighted by molar-refractivity contribution is 0.581. The second-order valence-electron chi connectivity index (χ2n) is 5.36. The fourth-order valence-corrected chi connectivity index (χ4v) is 2.53. The summed E-state index contributed by atoms with van der Waals surface area (Å²) < 4.78 is 0. The minimum absolute atomic E-state index is 0.815. The Morgan fingerprint density at radius 2 is 1.58 bits per heavy atom. The van der Waals surface area contributed by atoms with Crippen molar-refractivity contribution in [3.63, 3.8) is 0 Å². The van der Waals surface area contributed by atoms with Crippen LogP contribution >= 0.6 is 11.6 Å². The van der Waals surface area contributed by atoms with Crippen LogP contribution in [0.1, 0.15) is 63.9 Å². The van der Waals surface area contributed by atoms with E-state index in [2.05, 4.69) is 25.2 Å². The molecular formula is C17H28ClN. The van der Waals surface area contributed by atoms with Gasteiger partial charge in [0.25, 0.3) is 0 Å². The van der Waals surface area contributed by atoms with Crippen LogP contribution in [-0.2, 0) is 0 Å². The standard InChI is InChI=1S/C17H28ClN/c1-3-4-5-6-7-8-9-10-13-19-17-12-11-16(18)14-15(17)2/h11-12,14,19H,3-10,13H2,1-2H3. The maximum absolute atomic E-state index is 5.94. The largest absolute Gasteiger partial charge is 0.385 e. The molecule has 1 aromatic carbocycles. The van der Waals surface area contributed by atoms with E-state index in [0.717, 1.165) is 11.6 Å². The lowest BCUT2D eigenvalue weighted by Gasteiger charge is -2.09. The number of benzene rings is 1. The summed E-state index contributed by atoms with van der Waals surface area (Å²) in [5.74, 6) is 0. The van der Waals surface area contributed by atoms with Crippen molar-refractivity contribution in [1.29, 1.82) is 0 Å². The molecule has 0 bridgehead atoms. The molecule has 0 aliphatic rings. The van der Waals surface area contributed by atoms with Crippen molar-refractivity contribution in [2.24, 2.45) is 0 Å². The van der Waals surface area contributed by atoms with Crippen LogP contribution in [0.5, 0.6) is 0 Å². The van der Waals surface area contributed by atoms with Crippen molar-refractivity contribution in [2.45, 2.75) is 65.2 Å². The Bertz CT molecular complexity index is 349. The van der Waals surface area contributed by atoms with Gasteiger partial charge in [-0.05, 0) is 37.1 Å². The summed E-state index contributed by atoms with van der Waals surface area (Å²) in [4.78, 5) is 0. The molecule has 0 heterocycles. The quantitative estimate of drug-likeness (QED) is 0.503. The maximum Gasteiger partial charge on any atom is 0.0410 e. The van der Waals surface area contributed by atoms with Crippen LogP contribution in [0.3, 0.4) is 0 Å². The van der Waals surface area contributed by atoms with Crippen LogP contribution in [0.2, 0.25) is 5.02 Å². The monoisotopic (exact) mass is 281 g/mol. The zero-order chi connectivity index (χ0) is 13.9. The first kappa shape index (κ1) is 16.4. The Hall–Kier alpha value is -0.690. The Balaban J connectivity index is 2.01. The van der Waals surface area contributed by atoms with E-state index in [1.54, 1.807) is 0 Å². The summed E-state index contributed by atoms with van der Waals surface area (Å²) in [6, 6.07) is 6.03. The number of rotatable bonds is 10. The molecule has 0 atom stereocenters. The Morgan fingerprint density at radius 3 is 2.21 bits per heavy atom. The van der Waals surface area contributed by atoms with E-state index in [4.69, 9.17) is 11.6 Å². The van der Waals surface area contributed by atoms with Gasteiger partial charge in [-0.15, -0.1) is 0 Å². The van der Waals surface area contributed by atoms with E-state index in [9.17, 15) is 0 Å². The van der Waals surface area contributed by atoms with Gasteiger partial charge in [0.1, 0.15) is 0 Å². The molecule has 0 aliphatic carbocycles. The first-order chi connectivity index (χ1) is 9.24. The molecule has 0 radical (unpaired) electrons. The topological polar surface area (TPSA) is 12.0 Å². The predicted molar refractivity (Wildman–Crippen MR) is 87.3 cm³/mol. The van der Waals surface area contributed by atoms with Crippen molar-refractivity contribution in [1.82, 2.24) is 0 Å². The highest BCUT2D eigenvalue weighted by Crippen LogP contribution is 2.19. The molecule has 0 aliphatic heterocycles. The average molecular weight is 282 g/mol. The van der Waals surface area contributed by atoms with E-state index in [0.29, 0.717) is 0 Å². The minimum Gasteiger partial charge on any atom is -0.385 e. The minimum atomic E-state index is 0.815.